The second-order valence-corrected chi connectivity index (χ2v) is 30.7. The molecule has 0 amide bonds. The number of aliphatic hydroxyl groups is 2. The molecule has 0 fully saturated rings. The largest absolute Gasteiger partial charge is 0.472 e. The number of rotatable bonds is 79. The number of ether oxygens (including phenoxy) is 3. The number of hydrogen-bond acceptors (Lipinski definition) is 14. The molecule has 0 saturated carbocycles. The molecular weight excluding hydrogens is 1410 g/mol. The zero-order valence-corrected chi connectivity index (χ0v) is 70.0. The maximum absolute atomic E-state index is 13.0. The molecule has 18 heteroatoms. The van der Waals surface area contributed by atoms with Crippen LogP contribution >= 0.6 is 15.6 Å². The fourth-order valence-corrected chi connectivity index (χ4v) is 12.7. The highest BCUT2D eigenvalue weighted by atomic mass is 31.2. The smallest absolute Gasteiger partial charge is 0.463 e. The Hall–Kier alpha value is -5.09. The first-order valence-electron chi connectivity index (χ1n) is 42.4. The third-order valence-corrected chi connectivity index (χ3v) is 19.3. The summed E-state index contributed by atoms with van der Waals surface area (Å²) >= 11 is 0. The van der Waals surface area contributed by atoms with Crippen LogP contribution in [-0.4, -0.2) is 95.9 Å². The van der Waals surface area contributed by atoms with Crippen molar-refractivity contribution in [1.82, 2.24) is 0 Å². The van der Waals surface area contributed by atoms with Gasteiger partial charge in [0.05, 0.1) is 26.4 Å². The summed E-state index contributed by atoms with van der Waals surface area (Å²) in [5.41, 5.74) is 0. The van der Waals surface area contributed by atoms with Crippen LogP contribution in [0.15, 0.2) is 170 Å². The van der Waals surface area contributed by atoms with Gasteiger partial charge in [-0.25, -0.2) is 9.13 Å². The number of carbonyl (C=O) groups is 3. The molecule has 0 aromatic heterocycles. The average Bonchev–Trinajstić information content (AvgIpc) is 0.902. The van der Waals surface area contributed by atoms with Crippen LogP contribution < -0.4 is 0 Å². The van der Waals surface area contributed by atoms with Gasteiger partial charge in [-0.2, -0.15) is 0 Å². The third-order valence-electron chi connectivity index (χ3n) is 17.4. The molecule has 5 unspecified atom stereocenters. The van der Waals surface area contributed by atoms with Crippen LogP contribution in [0.1, 0.15) is 329 Å². The lowest BCUT2D eigenvalue weighted by Crippen LogP contribution is -2.30. The molecule has 4 N–H and O–H groups in total. The molecule has 0 aliphatic heterocycles. The molecular formula is C91H152O16P2. The standard InChI is InChI=1S/C91H152O16P2/c1-4-7-10-13-16-19-22-25-28-31-33-35-37-39-40-41-42-43-44-46-48-49-51-54-56-59-62-65-68-71-74-77-89(94)101-80-86(92)81-103-108(97,98)104-82-87(93)83-105-109(99,100)106-85-88(107-91(96)79-76-73-70-67-64-61-58-53-30-27-24-21-18-15-12-9-6-3)84-102-90(95)78-75-72-69-66-63-60-57-55-52-50-47-45-38-36-34-32-29-26-23-20-17-14-11-8-5-2/h7-12,16-21,25-30,33-36,39-40,42-43,45,47,86-88,92-93H,4-6,13-15,22-24,31-32,37-38,41,44,46,48-85H2,1-3H3,(H,97,98)(H,99,100)/b10-7-,11-8-,12-9-,19-16-,20-17-,21-18-,28-25-,29-26-,30-27-,35-33-,36-34-,40-39-,43-42-,47-45-. The summed E-state index contributed by atoms with van der Waals surface area (Å²) in [4.78, 5) is 58.8. The van der Waals surface area contributed by atoms with Gasteiger partial charge >= 0.3 is 33.6 Å². The Morgan fingerprint density at radius 2 is 0.459 bits per heavy atom. The van der Waals surface area contributed by atoms with Gasteiger partial charge in [0.15, 0.2) is 6.10 Å². The highest BCUT2D eigenvalue weighted by molar-refractivity contribution is 7.47. The average molecular weight is 1560 g/mol. The Kier molecular flexibility index (Phi) is 78.5. The van der Waals surface area contributed by atoms with E-state index in [1.54, 1.807) is 0 Å². The lowest BCUT2D eigenvalue weighted by molar-refractivity contribution is -0.161. The third kappa shape index (κ3) is 83.7. The molecule has 5 atom stereocenters. The van der Waals surface area contributed by atoms with Crippen molar-refractivity contribution in [3.8, 4) is 0 Å². The molecule has 622 valence electrons. The molecule has 0 aromatic carbocycles. The lowest BCUT2D eigenvalue weighted by atomic mass is 10.0. The van der Waals surface area contributed by atoms with E-state index in [4.69, 9.17) is 32.3 Å². The summed E-state index contributed by atoms with van der Waals surface area (Å²) in [5.74, 6) is -1.59. The van der Waals surface area contributed by atoms with Crippen molar-refractivity contribution in [2.45, 2.75) is 347 Å². The monoisotopic (exact) mass is 1560 g/mol. The quantitative estimate of drug-likeness (QED) is 0.0146. The van der Waals surface area contributed by atoms with Crippen LogP contribution in [0.3, 0.4) is 0 Å². The number of esters is 3. The number of unbranched alkanes of at least 4 members (excludes halogenated alkanes) is 28. The zero-order valence-electron chi connectivity index (χ0n) is 68.2. The number of carbonyl (C=O) groups excluding carboxylic acids is 3. The Labute approximate surface area is 662 Å². The molecule has 0 aliphatic carbocycles. The molecule has 0 rings (SSSR count). The second kappa shape index (κ2) is 82.4. The number of aliphatic hydroxyl groups excluding tert-OH is 2. The molecule has 16 nitrogen and oxygen atoms in total. The number of hydrogen-bond donors (Lipinski definition) is 4. The van der Waals surface area contributed by atoms with Crippen LogP contribution in [-0.2, 0) is 55.8 Å². The van der Waals surface area contributed by atoms with E-state index >= 15 is 0 Å². The van der Waals surface area contributed by atoms with Crippen LogP contribution in [0.2, 0.25) is 0 Å². The van der Waals surface area contributed by atoms with E-state index in [-0.39, 0.29) is 19.3 Å². The normalized spacial score (nSPS) is 14.7. The van der Waals surface area contributed by atoms with Crippen molar-refractivity contribution >= 4 is 33.6 Å². The predicted molar refractivity (Wildman–Crippen MR) is 454 cm³/mol. The predicted octanol–water partition coefficient (Wildman–Crippen LogP) is 25.5. The van der Waals surface area contributed by atoms with E-state index in [1.165, 1.54) is 77.0 Å². The lowest BCUT2D eigenvalue weighted by Gasteiger charge is -2.21. The second-order valence-electron chi connectivity index (χ2n) is 27.8. The highest BCUT2D eigenvalue weighted by Crippen LogP contribution is 2.45. The Morgan fingerprint density at radius 3 is 0.725 bits per heavy atom. The highest BCUT2D eigenvalue weighted by Gasteiger charge is 2.29. The molecule has 0 bridgehead atoms. The van der Waals surface area contributed by atoms with Gasteiger partial charge < -0.3 is 34.2 Å². The number of phosphoric ester groups is 2. The minimum absolute atomic E-state index is 0.0875. The van der Waals surface area contributed by atoms with Crippen molar-refractivity contribution in [1.29, 1.82) is 0 Å². The van der Waals surface area contributed by atoms with Crippen LogP contribution in [0.25, 0.3) is 0 Å². The van der Waals surface area contributed by atoms with E-state index in [1.807, 2.05) is 0 Å². The molecule has 109 heavy (non-hydrogen) atoms. The fraction of sp³-hybridized carbons (Fsp3) is 0.659. The summed E-state index contributed by atoms with van der Waals surface area (Å²) in [6, 6.07) is 0. The molecule has 0 heterocycles. The summed E-state index contributed by atoms with van der Waals surface area (Å²) in [6.45, 7) is 2.34. The Morgan fingerprint density at radius 1 is 0.257 bits per heavy atom. The van der Waals surface area contributed by atoms with Crippen LogP contribution in [0.4, 0.5) is 0 Å². The zero-order chi connectivity index (χ0) is 79.4. The van der Waals surface area contributed by atoms with E-state index in [0.717, 1.165) is 193 Å². The van der Waals surface area contributed by atoms with Crippen LogP contribution in [0, 0.1) is 0 Å². The molecule has 0 saturated heterocycles. The van der Waals surface area contributed by atoms with Crippen molar-refractivity contribution in [3.05, 3.63) is 170 Å². The van der Waals surface area contributed by atoms with Gasteiger partial charge in [0.25, 0.3) is 0 Å². The van der Waals surface area contributed by atoms with Gasteiger partial charge in [0.2, 0.25) is 0 Å². The van der Waals surface area contributed by atoms with Crippen molar-refractivity contribution < 1.29 is 75.8 Å². The summed E-state index contributed by atoms with van der Waals surface area (Å²) in [5, 5.41) is 20.7. The number of allylic oxidation sites excluding steroid dienone is 28. The van der Waals surface area contributed by atoms with Gasteiger partial charge in [0.1, 0.15) is 25.4 Å². The van der Waals surface area contributed by atoms with E-state index in [0.29, 0.717) is 19.3 Å². The molecule has 0 aromatic rings. The SMILES string of the molecule is CC/C=C\C/C=C\C/C=C\C/C=C\C/C=C\C/C=C\CCCCCCCCCCCCCCC(=O)OCC(O)COP(=O)(O)OCC(O)COP(=O)(O)OCC(COC(=O)CCCCCCCCCCC/C=C\C/C=C\C/C=C\C/C=C\C/C=C\CC)OC(=O)CCCCCCCCC/C=C\C/C=C\C/C=C\CC. The van der Waals surface area contributed by atoms with Gasteiger partial charge in [-0.3, -0.25) is 32.5 Å². The van der Waals surface area contributed by atoms with E-state index in [2.05, 4.69) is 191 Å². The Bertz CT molecular complexity index is 2660. The summed E-state index contributed by atoms with van der Waals surface area (Å²) in [7, 11) is -9.81. The first kappa shape index (κ1) is 104. The van der Waals surface area contributed by atoms with Crippen LogP contribution in [0.5, 0.6) is 0 Å². The summed E-state index contributed by atoms with van der Waals surface area (Å²) < 4.78 is 61.3. The molecule has 0 aliphatic rings. The van der Waals surface area contributed by atoms with E-state index in [9.17, 15) is 43.5 Å². The molecule has 0 radical (unpaired) electrons. The summed E-state index contributed by atoms with van der Waals surface area (Å²) in [6.07, 6.45) is 105. The van der Waals surface area contributed by atoms with Crippen molar-refractivity contribution in [2.75, 3.05) is 39.6 Å². The minimum atomic E-state index is -4.94. The van der Waals surface area contributed by atoms with Gasteiger partial charge in [0, 0.05) is 19.3 Å². The van der Waals surface area contributed by atoms with Crippen molar-refractivity contribution in [2.24, 2.45) is 0 Å². The maximum atomic E-state index is 13.0. The topological polar surface area (TPSA) is 231 Å². The first-order valence-corrected chi connectivity index (χ1v) is 45.4. The first-order chi connectivity index (χ1) is 53.2. The number of phosphoric acid groups is 2. The van der Waals surface area contributed by atoms with Gasteiger partial charge in [-0.15, -0.1) is 0 Å². The van der Waals surface area contributed by atoms with Crippen molar-refractivity contribution in [3.63, 3.8) is 0 Å². The van der Waals surface area contributed by atoms with Gasteiger partial charge in [-0.05, 0) is 148 Å². The van der Waals surface area contributed by atoms with Gasteiger partial charge in [-0.1, -0.05) is 332 Å². The Balaban J connectivity index is 4.56. The fourth-order valence-electron chi connectivity index (χ4n) is 11.1. The minimum Gasteiger partial charge on any atom is -0.463 e. The van der Waals surface area contributed by atoms with E-state index < -0.39 is 91.5 Å². The maximum Gasteiger partial charge on any atom is 0.472 e. The molecule has 0 spiro atoms.